The molecular weight excluding hydrogens is 483 g/mol. The van der Waals surface area contributed by atoms with Crippen molar-refractivity contribution in [3.63, 3.8) is 0 Å². The van der Waals surface area contributed by atoms with E-state index in [1.54, 1.807) is 6.07 Å². The lowest BCUT2D eigenvalue weighted by atomic mass is 9.83. The standard InChI is InChI=1S/C26H30Cl2N6O/c1-14-11-17(6-9-22(14)33-10-4-5-23(33)25(29)35)21-13-30-24-15(2)32-34(26(24)31-21)16(3)19-8-7-18(27)12-20(19)28/h6-8,12-14,16,22-23H,4-5,9-11H2,1-3H3,(H2,29,35). The van der Waals surface area contributed by atoms with Gasteiger partial charge in [0.2, 0.25) is 5.91 Å². The van der Waals surface area contributed by atoms with Gasteiger partial charge in [-0.15, -0.1) is 0 Å². The van der Waals surface area contributed by atoms with E-state index in [1.165, 1.54) is 5.57 Å². The summed E-state index contributed by atoms with van der Waals surface area (Å²) in [6.45, 7) is 7.17. The molecule has 1 saturated heterocycles. The Hall–Kier alpha value is -2.48. The van der Waals surface area contributed by atoms with E-state index in [1.807, 2.05) is 36.9 Å². The smallest absolute Gasteiger partial charge is 0.234 e. The maximum Gasteiger partial charge on any atom is 0.234 e. The van der Waals surface area contributed by atoms with Crippen LogP contribution in [0.1, 0.15) is 62.5 Å². The van der Waals surface area contributed by atoms with E-state index in [0.717, 1.165) is 60.3 Å². The molecule has 1 aliphatic heterocycles. The second-order valence-corrected chi connectivity index (χ2v) is 10.7. The number of aryl methyl sites for hydroxylation is 1. The van der Waals surface area contributed by atoms with Crippen LogP contribution in [-0.2, 0) is 4.79 Å². The third-order valence-electron chi connectivity index (χ3n) is 7.53. The number of fused-ring (bicyclic) bond motifs is 1. The SMILES string of the molecule is Cc1nn(C(C)c2ccc(Cl)cc2Cl)c2nc(C3=CCC(N4CCCC4C(N)=O)C(C)C3)cnc12. The molecule has 184 valence electrons. The normalized spacial score (nSPS) is 24.0. The summed E-state index contributed by atoms with van der Waals surface area (Å²) >= 11 is 12.6. The molecule has 0 bridgehead atoms. The molecule has 35 heavy (non-hydrogen) atoms. The Morgan fingerprint density at radius 3 is 2.80 bits per heavy atom. The van der Waals surface area contributed by atoms with E-state index in [2.05, 4.69) is 17.9 Å². The zero-order valence-corrected chi connectivity index (χ0v) is 21.7. The van der Waals surface area contributed by atoms with Gasteiger partial charge in [0, 0.05) is 16.1 Å². The third kappa shape index (κ3) is 4.46. The minimum absolute atomic E-state index is 0.134. The average molecular weight is 513 g/mol. The van der Waals surface area contributed by atoms with Crippen LogP contribution in [0.5, 0.6) is 0 Å². The van der Waals surface area contributed by atoms with Crippen LogP contribution < -0.4 is 5.73 Å². The summed E-state index contributed by atoms with van der Waals surface area (Å²) in [5, 5.41) is 5.95. The van der Waals surface area contributed by atoms with Crippen molar-refractivity contribution in [1.29, 1.82) is 0 Å². The van der Waals surface area contributed by atoms with Gasteiger partial charge in [0.25, 0.3) is 0 Å². The van der Waals surface area contributed by atoms with Gasteiger partial charge in [-0.2, -0.15) is 5.10 Å². The van der Waals surface area contributed by atoms with Crippen LogP contribution in [0.25, 0.3) is 16.7 Å². The molecule has 3 aromatic rings. The van der Waals surface area contributed by atoms with Gasteiger partial charge in [-0.1, -0.05) is 42.3 Å². The van der Waals surface area contributed by atoms with Gasteiger partial charge < -0.3 is 5.73 Å². The highest BCUT2D eigenvalue weighted by atomic mass is 35.5. The predicted molar refractivity (Wildman–Crippen MR) is 139 cm³/mol. The number of hydrogen-bond acceptors (Lipinski definition) is 5. The Morgan fingerprint density at radius 1 is 1.29 bits per heavy atom. The van der Waals surface area contributed by atoms with Gasteiger partial charge in [-0.05, 0) is 75.3 Å². The summed E-state index contributed by atoms with van der Waals surface area (Å²) in [5.74, 6) is 0.172. The van der Waals surface area contributed by atoms with Crippen LogP contribution in [0.2, 0.25) is 10.0 Å². The number of primary amides is 1. The second kappa shape index (κ2) is 9.52. The fourth-order valence-electron chi connectivity index (χ4n) is 5.67. The number of amides is 1. The molecule has 2 aromatic heterocycles. The molecule has 0 saturated carbocycles. The molecule has 5 rings (SSSR count). The summed E-state index contributed by atoms with van der Waals surface area (Å²) in [6, 6.07) is 5.55. The number of likely N-dealkylation sites (tertiary alicyclic amines) is 1. The Bertz CT molecular complexity index is 1320. The number of allylic oxidation sites excluding steroid dienone is 1. The quantitative estimate of drug-likeness (QED) is 0.508. The molecule has 1 aliphatic carbocycles. The van der Waals surface area contributed by atoms with Crippen molar-refractivity contribution in [2.24, 2.45) is 11.7 Å². The monoisotopic (exact) mass is 512 g/mol. The third-order valence-corrected chi connectivity index (χ3v) is 8.10. The summed E-state index contributed by atoms with van der Waals surface area (Å²) in [7, 11) is 0. The number of halogens is 2. The number of rotatable bonds is 5. The first-order chi connectivity index (χ1) is 16.7. The number of benzene rings is 1. The number of nitrogens with zero attached hydrogens (tertiary/aromatic N) is 5. The maximum atomic E-state index is 11.9. The number of nitrogens with two attached hydrogens (primary N) is 1. The van der Waals surface area contributed by atoms with Gasteiger partial charge in [0.1, 0.15) is 5.52 Å². The fourth-order valence-corrected chi connectivity index (χ4v) is 6.24. The zero-order chi connectivity index (χ0) is 24.9. The minimum Gasteiger partial charge on any atom is -0.368 e. The van der Waals surface area contributed by atoms with Gasteiger partial charge in [-0.3, -0.25) is 9.69 Å². The van der Waals surface area contributed by atoms with Crippen molar-refractivity contribution in [3.8, 4) is 0 Å². The van der Waals surface area contributed by atoms with E-state index in [-0.39, 0.29) is 18.0 Å². The summed E-state index contributed by atoms with van der Waals surface area (Å²) < 4.78 is 1.90. The Kier molecular flexibility index (Phi) is 6.59. The molecule has 1 aromatic carbocycles. The van der Waals surface area contributed by atoms with Crippen LogP contribution in [0.3, 0.4) is 0 Å². The average Bonchev–Trinajstić information content (AvgIpc) is 3.43. The highest BCUT2D eigenvalue weighted by Crippen LogP contribution is 2.37. The molecular formula is C26H30Cl2N6O. The Balaban J connectivity index is 1.46. The molecule has 1 amide bonds. The topological polar surface area (TPSA) is 89.9 Å². The first-order valence-corrected chi connectivity index (χ1v) is 12.9. The first-order valence-electron chi connectivity index (χ1n) is 12.2. The second-order valence-electron chi connectivity index (χ2n) is 9.81. The lowest BCUT2D eigenvalue weighted by Gasteiger charge is -2.38. The van der Waals surface area contributed by atoms with Crippen molar-refractivity contribution < 1.29 is 4.79 Å². The lowest BCUT2D eigenvalue weighted by Crippen LogP contribution is -2.48. The van der Waals surface area contributed by atoms with Crippen LogP contribution in [0.4, 0.5) is 0 Å². The van der Waals surface area contributed by atoms with Crippen molar-refractivity contribution in [3.05, 3.63) is 57.5 Å². The molecule has 0 spiro atoms. The number of carbonyl (C=O) groups is 1. The van der Waals surface area contributed by atoms with Crippen molar-refractivity contribution in [2.45, 2.75) is 64.6 Å². The van der Waals surface area contributed by atoms with E-state index in [4.69, 9.17) is 44.0 Å². The zero-order valence-electron chi connectivity index (χ0n) is 20.2. The first kappa shape index (κ1) is 24.2. The molecule has 2 aliphatic rings. The van der Waals surface area contributed by atoms with Gasteiger partial charge in [-0.25, -0.2) is 14.6 Å². The molecule has 2 N–H and O–H groups in total. The number of carbonyl (C=O) groups excluding carboxylic acids is 1. The predicted octanol–water partition coefficient (Wildman–Crippen LogP) is 5.18. The molecule has 9 heteroatoms. The molecule has 0 radical (unpaired) electrons. The van der Waals surface area contributed by atoms with E-state index < -0.39 is 0 Å². The van der Waals surface area contributed by atoms with Gasteiger partial charge >= 0.3 is 0 Å². The van der Waals surface area contributed by atoms with Crippen LogP contribution in [-0.4, -0.2) is 49.2 Å². The van der Waals surface area contributed by atoms with Crippen molar-refractivity contribution in [1.82, 2.24) is 24.6 Å². The minimum atomic E-state index is -0.209. The molecule has 4 unspecified atom stereocenters. The summed E-state index contributed by atoms with van der Waals surface area (Å²) in [5.41, 5.74) is 11.0. The van der Waals surface area contributed by atoms with E-state index in [0.29, 0.717) is 22.0 Å². The fraction of sp³-hybridized carbons (Fsp3) is 0.462. The molecule has 1 fully saturated rings. The number of aromatic nitrogens is 4. The van der Waals surface area contributed by atoms with Gasteiger partial charge in [0.05, 0.1) is 29.7 Å². The van der Waals surface area contributed by atoms with E-state index in [9.17, 15) is 4.79 Å². The van der Waals surface area contributed by atoms with Crippen molar-refractivity contribution in [2.75, 3.05) is 6.54 Å². The molecule has 4 atom stereocenters. The van der Waals surface area contributed by atoms with Gasteiger partial charge in [0.15, 0.2) is 5.65 Å². The van der Waals surface area contributed by atoms with E-state index >= 15 is 0 Å². The highest BCUT2D eigenvalue weighted by Gasteiger charge is 2.37. The number of hydrogen-bond donors (Lipinski definition) is 1. The Morgan fingerprint density at radius 2 is 2.09 bits per heavy atom. The lowest BCUT2D eigenvalue weighted by molar-refractivity contribution is -0.123. The van der Waals surface area contributed by atoms with Crippen LogP contribution in [0.15, 0.2) is 30.5 Å². The Labute approximate surface area is 215 Å². The summed E-state index contributed by atoms with van der Waals surface area (Å²) in [6.07, 6.45) is 7.73. The largest absolute Gasteiger partial charge is 0.368 e. The maximum absolute atomic E-state index is 11.9. The van der Waals surface area contributed by atoms with Crippen molar-refractivity contribution >= 4 is 45.8 Å². The highest BCUT2D eigenvalue weighted by molar-refractivity contribution is 6.35. The van der Waals surface area contributed by atoms with Crippen LogP contribution >= 0.6 is 23.2 Å². The molecule has 7 nitrogen and oxygen atoms in total. The molecule has 3 heterocycles. The summed E-state index contributed by atoms with van der Waals surface area (Å²) in [4.78, 5) is 24.0. The van der Waals surface area contributed by atoms with Crippen LogP contribution in [0, 0.1) is 12.8 Å².